The summed E-state index contributed by atoms with van der Waals surface area (Å²) in [6, 6.07) is 5.44. The highest BCUT2D eigenvalue weighted by atomic mass is 16.5. The summed E-state index contributed by atoms with van der Waals surface area (Å²) in [6.07, 6.45) is 0. The third-order valence-electron chi connectivity index (χ3n) is 2.86. The zero-order chi connectivity index (χ0) is 14.4. The molecule has 6 heteroatoms. The summed E-state index contributed by atoms with van der Waals surface area (Å²) in [5.74, 6) is 0.703. The summed E-state index contributed by atoms with van der Waals surface area (Å²) < 4.78 is 5.20. The number of amidine groups is 1. The van der Waals surface area contributed by atoms with E-state index in [9.17, 15) is 5.11 Å². The van der Waals surface area contributed by atoms with Gasteiger partial charge in [0.1, 0.15) is 5.75 Å². The molecule has 0 aliphatic heterocycles. The normalized spacial score (nSPS) is 11.7. The molecule has 0 spiro atoms. The Morgan fingerprint density at radius 2 is 2.16 bits per heavy atom. The third-order valence-corrected chi connectivity index (χ3v) is 2.86. The van der Waals surface area contributed by atoms with Crippen molar-refractivity contribution in [3.05, 3.63) is 23.8 Å². The summed E-state index contributed by atoms with van der Waals surface area (Å²) in [5, 5.41) is 21.1. The second kappa shape index (κ2) is 6.84. The third kappa shape index (κ3) is 3.51. The molecule has 0 unspecified atom stereocenters. The molecule has 0 atom stereocenters. The van der Waals surface area contributed by atoms with E-state index in [0.717, 1.165) is 5.69 Å². The van der Waals surface area contributed by atoms with Gasteiger partial charge in [-0.3, -0.25) is 0 Å². The molecule has 4 N–H and O–H groups in total. The van der Waals surface area contributed by atoms with Crippen LogP contribution in [0.25, 0.3) is 0 Å². The molecule has 0 heterocycles. The summed E-state index contributed by atoms with van der Waals surface area (Å²) in [5.41, 5.74) is 7.06. The Labute approximate surface area is 113 Å². The smallest absolute Gasteiger partial charge is 0.172 e. The number of oxime groups is 1. The molecule has 0 saturated heterocycles. The highest BCUT2D eigenvalue weighted by Gasteiger charge is 2.17. The van der Waals surface area contributed by atoms with Crippen LogP contribution in [0.2, 0.25) is 0 Å². The van der Waals surface area contributed by atoms with Crippen molar-refractivity contribution in [3.8, 4) is 5.75 Å². The summed E-state index contributed by atoms with van der Waals surface area (Å²) in [4.78, 5) is 1.97. The van der Waals surface area contributed by atoms with Crippen LogP contribution < -0.4 is 15.4 Å². The van der Waals surface area contributed by atoms with E-state index in [1.165, 1.54) is 0 Å². The number of anilines is 1. The van der Waals surface area contributed by atoms with Gasteiger partial charge in [0, 0.05) is 24.2 Å². The summed E-state index contributed by atoms with van der Waals surface area (Å²) >= 11 is 0. The predicted molar refractivity (Wildman–Crippen MR) is 75.1 cm³/mol. The molecule has 0 aromatic heterocycles. The topological polar surface area (TPSA) is 91.3 Å². The number of ether oxygens (including phenoxy) is 1. The van der Waals surface area contributed by atoms with Gasteiger partial charge in [-0.1, -0.05) is 5.16 Å². The van der Waals surface area contributed by atoms with E-state index in [4.69, 9.17) is 15.7 Å². The molecule has 1 aromatic carbocycles. The van der Waals surface area contributed by atoms with Crippen LogP contribution in [-0.4, -0.2) is 42.5 Å². The van der Waals surface area contributed by atoms with Crippen molar-refractivity contribution in [1.82, 2.24) is 0 Å². The Kier molecular flexibility index (Phi) is 5.44. The number of methoxy groups -OCH3 is 1. The molecule has 0 saturated carbocycles. The number of aliphatic hydroxyl groups excluding tert-OH is 1. The van der Waals surface area contributed by atoms with Gasteiger partial charge in [0.15, 0.2) is 5.84 Å². The lowest BCUT2D eigenvalue weighted by atomic mass is 10.1. The quantitative estimate of drug-likeness (QED) is 0.309. The molecule has 1 rings (SSSR count). The minimum absolute atomic E-state index is 0.0189. The highest BCUT2D eigenvalue weighted by molar-refractivity contribution is 6.02. The molecule has 0 bridgehead atoms. The maximum Gasteiger partial charge on any atom is 0.172 e. The summed E-state index contributed by atoms with van der Waals surface area (Å²) in [6.45, 7) is 4.48. The number of rotatable bonds is 6. The maximum absolute atomic E-state index is 9.18. The van der Waals surface area contributed by atoms with E-state index in [-0.39, 0.29) is 18.5 Å². The lowest BCUT2D eigenvalue weighted by molar-refractivity contribution is 0.299. The van der Waals surface area contributed by atoms with Crippen LogP contribution >= 0.6 is 0 Å². The van der Waals surface area contributed by atoms with Crippen LogP contribution in [0, 0.1) is 0 Å². The zero-order valence-electron chi connectivity index (χ0n) is 11.5. The van der Waals surface area contributed by atoms with Gasteiger partial charge in [-0.15, -0.1) is 0 Å². The van der Waals surface area contributed by atoms with Crippen LogP contribution in [0.3, 0.4) is 0 Å². The molecule has 0 aliphatic carbocycles. The van der Waals surface area contributed by atoms with Gasteiger partial charge in [-0.05, 0) is 26.0 Å². The fourth-order valence-corrected chi connectivity index (χ4v) is 1.91. The Morgan fingerprint density at radius 1 is 1.47 bits per heavy atom. The minimum Gasteiger partial charge on any atom is -0.497 e. The lowest BCUT2D eigenvalue weighted by Gasteiger charge is -2.30. The van der Waals surface area contributed by atoms with Gasteiger partial charge in [-0.2, -0.15) is 0 Å². The molecule has 19 heavy (non-hydrogen) atoms. The van der Waals surface area contributed by atoms with Gasteiger partial charge >= 0.3 is 0 Å². The van der Waals surface area contributed by atoms with Crippen LogP contribution in [-0.2, 0) is 0 Å². The molecule has 0 radical (unpaired) electrons. The van der Waals surface area contributed by atoms with E-state index >= 15 is 0 Å². The molecule has 0 amide bonds. The fourth-order valence-electron chi connectivity index (χ4n) is 1.91. The van der Waals surface area contributed by atoms with E-state index < -0.39 is 0 Å². The van der Waals surface area contributed by atoms with E-state index in [2.05, 4.69) is 5.16 Å². The first-order valence-corrected chi connectivity index (χ1v) is 6.08. The second-order valence-electron chi connectivity index (χ2n) is 4.38. The first-order chi connectivity index (χ1) is 9.04. The molecule has 6 nitrogen and oxygen atoms in total. The first-order valence-electron chi connectivity index (χ1n) is 6.08. The fraction of sp³-hybridized carbons (Fsp3) is 0.462. The van der Waals surface area contributed by atoms with Crippen molar-refractivity contribution < 1.29 is 15.1 Å². The number of hydrogen-bond acceptors (Lipinski definition) is 5. The number of aliphatic hydroxyl groups is 1. The Bertz CT molecular complexity index is 447. The van der Waals surface area contributed by atoms with Crippen molar-refractivity contribution in [2.24, 2.45) is 10.9 Å². The molecule has 106 valence electrons. The van der Waals surface area contributed by atoms with Crippen LogP contribution in [0.5, 0.6) is 5.75 Å². The SMILES string of the molecule is COc1ccc(/C(N)=N/O)c(N(CCO)C(C)C)c1. The van der Waals surface area contributed by atoms with E-state index in [1.54, 1.807) is 19.2 Å². The van der Waals surface area contributed by atoms with Crippen molar-refractivity contribution in [3.63, 3.8) is 0 Å². The van der Waals surface area contributed by atoms with Gasteiger partial charge < -0.3 is 25.7 Å². The minimum atomic E-state index is 0.0189. The maximum atomic E-state index is 9.18. The van der Waals surface area contributed by atoms with Gasteiger partial charge in [0.25, 0.3) is 0 Å². The van der Waals surface area contributed by atoms with Crippen LogP contribution in [0.4, 0.5) is 5.69 Å². The molecule has 0 aliphatic rings. The first kappa shape index (κ1) is 15.1. The van der Waals surface area contributed by atoms with Crippen molar-refractivity contribution in [1.29, 1.82) is 0 Å². The molecular weight excluding hydrogens is 246 g/mol. The monoisotopic (exact) mass is 267 g/mol. The molecular formula is C13H21N3O3. The number of nitrogens with two attached hydrogens (primary N) is 1. The van der Waals surface area contributed by atoms with Crippen molar-refractivity contribution >= 4 is 11.5 Å². The van der Waals surface area contributed by atoms with Gasteiger partial charge in [0.05, 0.1) is 19.4 Å². The lowest BCUT2D eigenvalue weighted by Crippen LogP contribution is -2.35. The zero-order valence-corrected chi connectivity index (χ0v) is 11.5. The Morgan fingerprint density at radius 3 is 2.63 bits per heavy atom. The number of hydrogen-bond donors (Lipinski definition) is 3. The Hall–Kier alpha value is -1.95. The number of nitrogens with zero attached hydrogens (tertiary/aromatic N) is 2. The van der Waals surface area contributed by atoms with E-state index in [0.29, 0.717) is 17.9 Å². The largest absolute Gasteiger partial charge is 0.497 e. The summed E-state index contributed by atoms with van der Waals surface area (Å²) in [7, 11) is 1.58. The number of benzene rings is 1. The van der Waals surface area contributed by atoms with Gasteiger partial charge in [-0.25, -0.2) is 0 Å². The average molecular weight is 267 g/mol. The van der Waals surface area contributed by atoms with E-state index in [1.807, 2.05) is 24.8 Å². The Balaban J connectivity index is 3.33. The average Bonchev–Trinajstić information content (AvgIpc) is 2.42. The van der Waals surface area contributed by atoms with Gasteiger partial charge in [0.2, 0.25) is 0 Å². The molecule has 0 fully saturated rings. The second-order valence-corrected chi connectivity index (χ2v) is 4.38. The van der Waals surface area contributed by atoms with Crippen LogP contribution in [0.15, 0.2) is 23.4 Å². The highest BCUT2D eigenvalue weighted by Crippen LogP contribution is 2.27. The predicted octanol–water partition coefficient (Wildman–Crippen LogP) is 0.997. The van der Waals surface area contributed by atoms with Crippen molar-refractivity contribution in [2.45, 2.75) is 19.9 Å². The van der Waals surface area contributed by atoms with Crippen LogP contribution in [0.1, 0.15) is 19.4 Å². The molecule has 1 aromatic rings. The van der Waals surface area contributed by atoms with Crippen molar-refractivity contribution in [2.75, 3.05) is 25.2 Å². The standard InChI is InChI=1S/C13H21N3O3/c1-9(2)16(6-7-17)12-8-10(19-3)4-5-11(12)13(14)15-18/h4-5,8-9,17-18H,6-7H2,1-3H3,(H2,14,15).